The normalized spacial score (nSPS) is 10.4. The Morgan fingerprint density at radius 3 is 2.50 bits per heavy atom. The number of nitrogens with zero attached hydrogens (tertiary/aromatic N) is 1. The Labute approximate surface area is 149 Å². The fourth-order valence-corrected chi connectivity index (χ4v) is 2.40. The fraction of sp³-hybridized carbons (Fsp3) is 0.100. The van der Waals surface area contributed by atoms with E-state index in [-0.39, 0.29) is 17.3 Å². The summed E-state index contributed by atoms with van der Waals surface area (Å²) >= 11 is 0. The van der Waals surface area contributed by atoms with Crippen molar-refractivity contribution < 1.29 is 13.6 Å². The van der Waals surface area contributed by atoms with E-state index >= 15 is 0 Å². The highest BCUT2D eigenvalue weighted by Crippen LogP contribution is 2.20. The van der Waals surface area contributed by atoms with Gasteiger partial charge in [0.1, 0.15) is 17.3 Å². The molecule has 0 aliphatic rings. The Kier molecular flexibility index (Phi) is 5.53. The van der Waals surface area contributed by atoms with Gasteiger partial charge in [-0.15, -0.1) is 0 Å². The van der Waals surface area contributed by atoms with Crippen LogP contribution in [0, 0.1) is 11.6 Å². The van der Waals surface area contributed by atoms with Crippen molar-refractivity contribution in [2.24, 2.45) is 0 Å². The average Bonchev–Trinajstić information content (AvgIpc) is 2.65. The number of aromatic nitrogens is 1. The van der Waals surface area contributed by atoms with Crippen LogP contribution in [0.2, 0.25) is 0 Å². The van der Waals surface area contributed by atoms with Crippen LogP contribution in [-0.2, 0) is 6.42 Å². The van der Waals surface area contributed by atoms with Gasteiger partial charge in [0.15, 0.2) is 0 Å². The molecular formula is C20H17F2N3O. The summed E-state index contributed by atoms with van der Waals surface area (Å²) in [5, 5.41) is 5.60. The summed E-state index contributed by atoms with van der Waals surface area (Å²) in [6, 6.07) is 16.3. The lowest BCUT2D eigenvalue weighted by Crippen LogP contribution is -2.26. The molecule has 0 bridgehead atoms. The summed E-state index contributed by atoms with van der Waals surface area (Å²) in [6.45, 7) is 0.505. The second-order valence-corrected chi connectivity index (χ2v) is 5.67. The Bertz CT molecular complexity index is 883. The zero-order valence-electron chi connectivity index (χ0n) is 13.9. The van der Waals surface area contributed by atoms with E-state index in [2.05, 4.69) is 15.6 Å². The smallest absolute Gasteiger partial charge is 0.269 e. The SMILES string of the molecule is O=C(NCCc1ccccc1)c1ccc(Nc2ccc(F)cc2F)cn1. The molecule has 0 saturated carbocycles. The van der Waals surface area contributed by atoms with Gasteiger partial charge in [0.25, 0.3) is 5.91 Å². The van der Waals surface area contributed by atoms with Gasteiger partial charge in [-0.05, 0) is 36.2 Å². The van der Waals surface area contributed by atoms with Crippen LogP contribution in [-0.4, -0.2) is 17.4 Å². The molecule has 0 saturated heterocycles. The molecular weight excluding hydrogens is 336 g/mol. The number of rotatable bonds is 6. The van der Waals surface area contributed by atoms with Crippen LogP contribution in [0.3, 0.4) is 0 Å². The molecule has 0 spiro atoms. The van der Waals surface area contributed by atoms with Crippen LogP contribution in [0.15, 0.2) is 66.9 Å². The van der Waals surface area contributed by atoms with Crippen LogP contribution >= 0.6 is 0 Å². The zero-order chi connectivity index (χ0) is 18.4. The van der Waals surface area contributed by atoms with Gasteiger partial charge in [0.2, 0.25) is 0 Å². The Hall–Kier alpha value is -3.28. The highest BCUT2D eigenvalue weighted by Gasteiger charge is 2.08. The lowest BCUT2D eigenvalue weighted by molar-refractivity contribution is 0.0949. The van der Waals surface area contributed by atoms with Gasteiger partial charge in [0, 0.05) is 12.6 Å². The van der Waals surface area contributed by atoms with Crippen LogP contribution in [0.5, 0.6) is 0 Å². The van der Waals surface area contributed by atoms with E-state index in [0.29, 0.717) is 12.2 Å². The molecule has 132 valence electrons. The lowest BCUT2D eigenvalue weighted by Gasteiger charge is -2.08. The minimum absolute atomic E-state index is 0.133. The molecule has 4 nitrogen and oxygen atoms in total. The number of halogens is 2. The number of carbonyl (C=O) groups excluding carboxylic acids is 1. The molecule has 0 radical (unpaired) electrons. The summed E-state index contributed by atoms with van der Waals surface area (Å²) in [5.74, 6) is -1.62. The first-order valence-corrected chi connectivity index (χ1v) is 8.12. The lowest BCUT2D eigenvalue weighted by atomic mass is 10.1. The summed E-state index contributed by atoms with van der Waals surface area (Å²) < 4.78 is 26.5. The second-order valence-electron chi connectivity index (χ2n) is 5.67. The maximum atomic E-state index is 13.6. The number of hydrogen-bond acceptors (Lipinski definition) is 3. The minimum Gasteiger partial charge on any atom is -0.352 e. The van der Waals surface area contributed by atoms with Crippen LogP contribution in [0.4, 0.5) is 20.2 Å². The van der Waals surface area contributed by atoms with E-state index in [1.165, 1.54) is 12.3 Å². The van der Waals surface area contributed by atoms with Crippen molar-refractivity contribution >= 4 is 17.3 Å². The predicted octanol–water partition coefficient (Wildman–Crippen LogP) is 4.08. The number of nitrogens with one attached hydrogen (secondary N) is 2. The van der Waals surface area contributed by atoms with Crippen molar-refractivity contribution in [3.05, 3.63) is 89.8 Å². The van der Waals surface area contributed by atoms with E-state index in [9.17, 15) is 13.6 Å². The molecule has 3 rings (SSSR count). The molecule has 1 amide bonds. The third-order valence-electron chi connectivity index (χ3n) is 3.75. The molecule has 0 atom stereocenters. The number of anilines is 2. The quantitative estimate of drug-likeness (QED) is 0.702. The van der Waals surface area contributed by atoms with Crippen LogP contribution in [0.1, 0.15) is 16.1 Å². The highest BCUT2D eigenvalue weighted by atomic mass is 19.1. The van der Waals surface area contributed by atoms with E-state index in [4.69, 9.17) is 0 Å². The Morgan fingerprint density at radius 2 is 1.81 bits per heavy atom. The van der Waals surface area contributed by atoms with Crippen LogP contribution in [0.25, 0.3) is 0 Å². The number of benzene rings is 2. The Morgan fingerprint density at radius 1 is 1.00 bits per heavy atom. The molecule has 2 N–H and O–H groups in total. The maximum absolute atomic E-state index is 13.6. The molecule has 3 aromatic rings. The van der Waals surface area contributed by atoms with Crippen molar-refractivity contribution in [1.29, 1.82) is 0 Å². The largest absolute Gasteiger partial charge is 0.352 e. The fourth-order valence-electron chi connectivity index (χ4n) is 2.40. The molecule has 0 aliphatic heterocycles. The van der Waals surface area contributed by atoms with Gasteiger partial charge in [-0.2, -0.15) is 0 Å². The van der Waals surface area contributed by atoms with Gasteiger partial charge < -0.3 is 10.6 Å². The van der Waals surface area contributed by atoms with Gasteiger partial charge in [-0.25, -0.2) is 13.8 Å². The van der Waals surface area contributed by atoms with E-state index in [0.717, 1.165) is 24.1 Å². The topological polar surface area (TPSA) is 54.0 Å². The molecule has 1 heterocycles. The third-order valence-corrected chi connectivity index (χ3v) is 3.75. The van der Waals surface area contributed by atoms with Crippen molar-refractivity contribution in [1.82, 2.24) is 10.3 Å². The van der Waals surface area contributed by atoms with E-state index in [1.807, 2.05) is 30.3 Å². The van der Waals surface area contributed by atoms with Crippen LogP contribution < -0.4 is 10.6 Å². The monoisotopic (exact) mass is 353 g/mol. The van der Waals surface area contributed by atoms with E-state index in [1.54, 1.807) is 12.1 Å². The summed E-state index contributed by atoms with van der Waals surface area (Å²) in [5.41, 5.74) is 2.04. The zero-order valence-corrected chi connectivity index (χ0v) is 13.9. The summed E-state index contributed by atoms with van der Waals surface area (Å²) in [7, 11) is 0. The molecule has 0 unspecified atom stereocenters. The standard InChI is InChI=1S/C20H17F2N3O/c21-15-6-8-18(17(22)12-15)25-16-7-9-19(24-13-16)20(26)23-11-10-14-4-2-1-3-5-14/h1-9,12-13,25H,10-11H2,(H,23,26). The number of hydrogen-bond donors (Lipinski definition) is 2. The predicted molar refractivity (Wildman–Crippen MR) is 96.4 cm³/mol. The van der Waals surface area contributed by atoms with Crippen molar-refractivity contribution in [3.63, 3.8) is 0 Å². The first-order chi connectivity index (χ1) is 12.6. The number of carbonyl (C=O) groups is 1. The Balaban J connectivity index is 1.55. The van der Waals surface area contributed by atoms with E-state index < -0.39 is 11.6 Å². The van der Waals surface area contributed by atoms with Crippen molar-refractivity contribution in [2.75, 3.05) is 11.9 Å². The second kappa shape index (κ2) is 8.20. The molecule has 0 aliphatic carbocycles. The minimum atomic E-state index is -0.701. The highest BCUT2D eigenvalue weighted by molar-refractivity contribution is 5.92. The van der Waals surface area contributed by atoms with Gasteiger partial charge in [0.05, 0.1) is 17.6 Å². The van der Waals surface area contributed by atoms with Crippen molar-refractivity contribution in [2.45, 2.75) is 6.42 Å². The maximum Gasteiger partial charge on any atom is 0.269 e. The van der Waals surface area contributed by atoms with Gasteiger partial charge >= 0.3 is 0 Å². The third kappa shape index (κ3) is 4.63. The molecule has 1 aromatic heterocycles. The molecule has 6 heteroatoms. The molecule has 0 fully saturated rings. The van der Waals surface area contributed by atoms with Gasteiger partial charge in [-0.3, -0.25) is 4.79 Å². The first kappa shape index (κ1) is 17.5. The number of amides is 1. The first-order valence-electron chi connectivity index (χ1n) is 8.12. The van der Waals surface area contributed by atoms with Gasteiger partial charge in [-0.1, -0.05) is 30.3 Å². The van der Waals surface area contributed by atoms with Crippen molar-refractivity contribution in [3.8, 4) is 0 Å². The molecule has 26 heavy (non-hydrogen) atoms. The number of pyridine rings is 1. The molecule has 2 aromatic carbocycles. The summed E-state index contributed by atoms with van der Waals surface area (Å²) in [6.07, 6.45) is 2.16. The summed E-state index contributed by atoms with van der Waals surface area (Å²) in [4.78, 5) is 16.2. The average molecular weight is 353 g/mol.